The molecule has 0 aromatic carbocycles. The number of ether oxygens (including phenoxy) is 1. The minimum absolute atomic E-state index is 0.0595. The van der Waals surface area contributed by atoms with Crippen LogP contribution >= 0.6 is 0 Å². The molecule has 0 N–H and O–H groups in total. The highest BCUT2D eigenvalue weighted by molar-refractivity contribution is 5.85. The number of rotatable bonds is 5. The highest BCUT2D eigenvalue weighted by Crippen LogP contribution is 2.30. The summed E-state index contributed by atoms with van der Waals surface area (Å²) < 4.78 is 5.29. The van der Waals surface area contributed by atoms with Crippen LogP contribution in [0.25, 0.3) is 0 Å². The van der Waals surface area contributed by atoms with E-state index in [9.17, 15) is 4.79 Å². The average molecular weight is 248 g/mol. The zero-order valence-electron chi connectivity index (χ0n) is 11.2. The Hall–Kier alpha value is -1.42. The molecule has 0 spiro atoms. The smallest absolute Gasteiger partial charge is 0.254 e. The van der Waals surface area contributed by atoms with E-state index in [0.29, 0.717) is 12.6 Å². The van der Waals surface area contributed by atoms with Crippen LogP contribution in [-0.4, -0.2) is 34.5 Å². The van der Waals surface area contributed by atoms with Gasteiger partial charge in [-0.3, -0.25) is 9.78 Å². The molecule has 1 aromatic rings. The van der Waals surface area contributed by atoms with Crippen molar-refractivity contribution in [3.8, 4) is 0 Å². The molecule has 4 heteroatoms. The van der Waals surface area contributed by atoms with Crippen LogP contribution in [-0.2, 0) is 16.1 Å². The third-order valence-electron chi connectivity index (χ3n) is 3.38. The summed E-state index contributed by atoms with van der Waals surface area (Å²) in [5.41, 5.74) is 0.354. The van der Waals surface area contributed by atoms with Crippen LogP contribution in [0.2, 0.25) is 0 Å². The maximum absolute atomic E-state index is 12.5. The second-order valence-corrected chi connectivity index (χ2v) is 5.23. The van der Waals surface area contributed by atoms with Gasteiger partial charge in [-0.25, -0.2) is 0 Å². The van der Waals surface area contributed by atoms with Crippen molar-refractivity contribution in [2.75, 3.05) is 7.11 Å². The average Bonchev–Trinajstić information content (AvgIpc) is 3.20. The van der Waals surface area contributed by atoms with Crippen LogP contribution in [0.3, 0.4) is 0 Å². The van der Waals surface area contributed by atoms with Gasteiger partial charge in [0.15, 0.2) is 0 Å². The normalized spacial score (nSPS) is 15.5. The largest absolute Gasteiger partial charge is 0.369 e. The first-order valence-electron chi connectivity index (χ1n) is 6.29. The minimum atomic E-state index is -0.754. The maximum atomic E-state index is 12.5. The van der Waals surface area contributed by atoms with Crippen molar-refractivity contribution in [2.45, 2.75) is 44.9 Å². The van der Waals surface area contributed by atoms with Crippen LogP contribution in [0.4, 0.5) is 0 Å². The van der Waals surface area contributed by atoms with Crippen molar-refractivity contribution >= 4 is 5.91 Å². The molecule has 0 saturated heterocycles. The molecule has 0 aliphatic heterocycles. The van der Waals surface area contributed by atoms with E-state index in [-0.39, 0.29) is 5.91 Å². The molecule has 1 aromatic heterocycles. The Labute approximate surface area is 108 Å². The Morgan fingerprint density at radius 1 is 1.44 bits per heavy atom. The summed E-state index contributed by atoms with van der Waals surface area (Å²) in [6.45, 7) is 4.27. The van der Waals surface area contributed by atoms with Gasteiger partial charge in [-0.15, -0.1) is 0 Å². The Kier molecular flexibility index (Phi) is 3.66. The third-order valence-corrected chi connectivity index (χ3v) is 3.38. The maximum Gasteiger partial charge on any atom is 0.254 e. The summed E-state index contributed by atoms with van der Waals surface area (Å²) in [7, 11) is 1.58. The van der Waals surface area contributed by atoms with E-state index in [0.717, 1.165) is 18.4 Å². The number of amides is 1. The first-order chi connectivity index (χ1) is 8.54. The van der Waals surface area contributed by atoms with Gasteiger partial charge in [-0.1, -0.05) is 0 Å². The molecule has 1 aliphatic carbocycles. The van der Waals surface area contributed by atoms with Crippen LogP contribution in [0.1, 0.15) is 32.3 Å². The van der Waals surface area contributed by atoms with Gasteiger partial charge in [-0.2, -0.15) is 0 Å². The fourth-order valence-electron chi connectivity index (χ4n) is 1.87. The molecule has 4 nitrogen and oxygen atoms in total. The van der Waals surface area contributed by atoms with E-state index < -0.39 is 5.60 Å². The van der Waals surface area contributed by atoms with Gasteiger partial charge >= 0.3 is 0 Å². The molecule has 0 unspecified atom stereocenters. The fourth-order valence-corrected chi connectivity index (χ4v) is 1.87. The number of carbonyl (C=O) groups is 1. The number of methoxy groups -OCH3 is 1. The van der Waals surface area contributed by atoms with Gasteiger partial charge in [0.1, 0.15) is 5.60 Å². The van der Waals surface area contributed by atoms with Crippen molar-refractivity contribution in [2.24, 2.45) is 0 Å². The fraction of sp³-hybridized carbons (Fsp3) is 0.571. The van der Waals surface area contributed by atoms with Crippen molar-refractivity contribution in [3.05, 3.63) is 30.1 Å². The number of carbonyl (C=O) groups excluding carboxylic acids is 1. The molecule has 1 heterocycles. The first-order valence-corrected chi connectivity index (χ1v) is 6.29. The molecule has 1 saturated carbocycles. The lowest BCUT2D eigenvalue weighted by Crippen LogP contribution is -2.47. The molecule has 1 fully saturated rings. The highest BCUT2D eigenvalue weighted by atomic mass is 16.5. The highest BCUT2D eigenvalue weighted by Gasteiger charge is 2.39. The summed E-state index contributed by atoms with van der Waals surface area (Å²) in [6, 6.07) is 4.27. The molecule has 0 radical (unpaired) electrons. The molecular weight excluding hydrogens is 228 g/mol. The molecule has 0 atom stereocenters. The standard InChI is InChI=1S/C14H20N2O2/c1-14(2,18-3)13(17)16(12-4-5-12)10-11-6-8-15-9-7-11/h6-9,12H,4-5,10H2,1-3H3. The third kappa shape index (κ3) is 2.88. The Balaban J connectivity index is 2.12. The second-order valence-electron chi connectivity index (χ2n) is 5.23. The quantitative estimate of drug-likeness (QED) is 0.800. The van der Waals surface area contributed by atoms with Crippen molar-refractivity contribution in [1.29, 1.82) is 0 Å². The predicted octanol–water partition coefficient (Wildman–Crippen LogP) is 2.00. The van der Waals surface area contributed by atoms with Crippen molar-refractivity contribution < 1.29 is 9.53 Å². The molecule has 1 amide bonds. The number of aromatic nitrogens is 1. The summed E-state index contributed by atoms with van der Waals surface area (Å²) in [5.74, 6) is 0.0595. The van der Waals surface area contributed by atoms with Gasteiger partial charge in [0, 0.05) is 32.1 Å². The van der Waals surface area contributed by atoms with Gasteiger partial charge < -0.3 is 9.64 Å². The Bertz CT molecular complexity index is 413. The first kappa shape index (κ1) is 13.0. The van der Waals surface area contributed by atoms with E-state index in [1.807, 2.05) is 30.9 Å². The molecule has 18 heavy (non-hydrogen) atoms. The number of hydrogen-bond acceptors (Lipinski definition) is 3. The number of hydrogen-bond donors (Lipinski definition) is 0. The second kappa shape index (κ2) is 5.06. The lowest BCUT2D eigenvalue weighted by molar-refractivity contribution is -0.152. The number of nitrogens with zero attached hydrogens (tertiary/aromatic N) is 2. The summed E-state index contributed by atoms with van der Waals surface area (Å²) in [6.07, 6.45) is 5.70. The summed E-state index contributed by atoms with van der Waals surface area (Å²) in [4.78, 5) is 18.4. The lowest BCUT2D eigenvalue weighted by Gasteiger charge is -2.31. The van der Waals surface area contributed by atoms with Crippen molar-refractivity contribution in [3.63, 3.8) is 0 Å². The van der Waals surface area contributed by atoms with Crippen LogP contribution in [0, 0.1) is 0 Å². The van der Waals surface area contributed by atoms with E-state index in [2.05, 4.69) is 4.98 Å². The molecular formula is C14H20N2O2. The van der Waals surface area contributed by atoms with Gasteiger partial charge in [0.2, 0.25) is 0 Å². The molecule has 1 aliphatic rings. The Morgan fingerprint density at radius 2 is 2.06 bits per heavy atom. The van der Waals surface area contributed by atoms with E-state index in [1.165, 1.54) is 0 Å². The lowest BCUT2D eigenvalue weighted by atomic mass is 10.1. The van der Waals surface area contributed by atoms with Gasteiger partial charge in [-0.05, 0) is 44.4 Å². The summed E-state index contributed by atoms with van der Waals surface area (Å²) >= 11 is 0. The Morgan fingerprint density at radius 3 is 2.56 bits per heavy atom. The SMILES string of the molecule is COC(C)(C)C(=O)N(Cc1ccncc1)C1CC1. The van der Waals surface area contributed by atoms with Gasteiger partial charge in [0.05, 0.1) is 0 Å². The predicted molar refractivity (Wildman–Crippen MR) is 68.9 cm³/mol. The number of pyridine rings is 1. The topological polar surface area (TPSA) is 42.4 Å². The summed E-state index contributed by atoms with van der Waals surface area (Å²) in [5, 5.41) is 0. The van der Waals surface area contributed by atoms with E-state index in [1.54, 1.807) is 19.5 Å². The van der Waals surface area contributed by atoms with E-state index in [4.69, 9.17) is 4.74 Å². The zero-order chi connectivity index (χ0) is 13.2. The molecule has 98 valence electrons. The van der Waals surface area contributed by atoms with Crippen LogP contribution in [0.5, 0.6) is 0 Å². The minimum Gasteiger partial charge on any atom is -0.369 e. The zero-order valence-corrected chi connectivity index (χ0v) is 11.2. The monoisotopic (exact) mass is 248 g/mol. The van der Waals surface area contributed by atoms with Gasteiger partial charge in [0.25, 0.3) is 5.91 Å². The molecule has 0 bridgehead atoms. The van der Waals surface area contributed by atoms with E-state index >= 15 is 0 Å². The van der Waals surface area contributed by atoms with Crippen molar-refractivity contribution in [1.82, 2.24) is 9.88 Å². The van der Waals surface area contributed by atoms with Crippen LogP contribution in [0.15, 0.2) is 24.5 Å². The van der Waals surface area contributed by atoms with Crippen LogP contribution < -0.4 is 0 Å². The molecule has 2 rings (SSSR count).